The summed E-state index contributed by atoms with van der Waals surface area (Å²) in [5.74, 6) is -0.0436. The molecule has 2 atom stereocenters. The summed E-state index contributed by atoms with van der Waals surface area (Å²) in [4.78, 5) is 45.9. The van der Waals surface area contributed by atoms with E-state index in [1.54, 1.807) is 35.3 Å². The lowest BCUT2D eigenvalue weighted by Gasteiger charge is -2.22. The highest BCUT2D eigenvalue weighted by Gasteiger charge is 2.25. The summed E-state index contributed by atoms with van der Waals surface area (Å²) in [6, 6.07) is 5.01. The number of hydrogen-bond donors (Lipinski definition) is 5. The fraction of sp³-hybridized carbons (Fsp3) is 0.481. The average Bonchev–Trinajstić information content (AvgIpc) is 3.65. The van der Waals surface area contributed by atoms with Gasteiger partial charge in [0.2, 0.25) is 5.91 Å². The van der Waals surface area contributed by atoms with Crippen molar-refractivity contribution in [3.05, 3.63) is 42.1 Å². The van der Waals surface area contributed by atoms with Crippen LogP contribution in [0.2, 0.25) is 0 Å². The van der Waals surface area contributed by atoms with Gasteiger partial charge in [-0.1, -0.05) is 25.0 Å². The maximum atomic E-state index is 13.2. The Kier molecular flexibility index (Phi) is 8.39. The molecule has 5 rings (SSSR count). The summed E-state index contributed by atoms with van der Waals surface area (Å²) < 4.78 is 6.48. The third kappa shape index (κ3) is 6.30. The molecule has 2 aliphatic heterocycles. The molecule has 1 fully saturated rings. The lowest BCUT2D eigenvalue weighted by Crippen LogP contribution is -2.30. The maximum absolute atomic E-state index is 13.2. The third-order valence-electron chi connectivity index (χ3n) is 7.47. The molecule has 212 valence electrons. The van der Waals surface area contributed by atoms with Gasteiger partial charge in [0.1, 0.15) is 5.82 Å². The Morgan fingerprint density at radius 1 is 1.12 bits per heavy atom. The highest BCUT2D eigenvalue weighted by atomic mass is 16.5. The molecule has 2 aromatic heterocycles. The molecule has 5 N–H and O–H groups in total. The fourth-order valence-corrected chi connectivity index (χ4v) is 5.10. The molecule has 0 spiro atoms. The van der Waals surface area contributed by atoms with Crippen molar-refractivity contribution in [2.24, 2.45) is 5.92 Å². The van der Waals surface area contributed by atoms with Gasteiger partial charge in [0.25, 0.3) is 5.91 Å². The molecule has 1 aromatic carbocycles. The van der Waals surface area contributed by atoms with E-state index >= 15 is 0 Å². The number of methoxy groups -OCH3 is 1. The standard InChI is InChI=1S/C27H35N9O4/c1-16-5-3-4-6-20(32-26(38)23-15-36(35-34-23)18-9-11-28-12-10-18)24-29-14-22(31-24)19-8-7-17(30-27(39)40-2)13-21(19)33-25(16)37/h7-8,13-16,18,20,28H,3-6,9-12H2,1-2H3,(H,29,31)(H,30,39)(H,32,38)(H,33,37)/t16-,20+/m1/s1. The smallest absolute Gasteiger partial charge is 0.411 e. The monoisotopic (exact) mass is 549 g/mol. The Balaban J connectivity index is 1.40. The quantitative estimate of drug-likeness (QED) is 0.330. The zero-order valence-electron chi connectivity index (χ0n) is 22.7. The van der Waals surface area contributed by atoms with Gasteiger partial charge in [-0.3, -0.25) is 14.9 Å². The minimum absolute atomic E-state index is 0.117. The summed E-state index contributed by atoms with van der Waals surface area (Å²) >= 11 is 0. The Morgan fingerprint density at radius 2 is 1.93 bits per heavy atom. The number of nitrogens with one attached hydrogen (secondary N) is 5. The van der Waals surface area contributed by atoms with Crippen molar-refractivity contribution in [3.8, 4) is 11.3 Å². The molecule has 0 aliphatic carbocycles. The van der Waals surface area contributed by atoms with Gasteiger partial charge in [0.15, 0.2) is 5.69 Å². The van der Waals surface area contributed by atoms with Gasteiger partial charge in [0.05, 0.1) is 36.8 Å². The summed E-state index contributed by atoms with van der Waals surface area (Å²) in [6.45, 7) is 3.73. The second-order valence-corrected chi connectivity index (χ2v) is 10.3. The average molecular weight is 550 g/mol. The molecular formula is C27H35N9O4. The number of piperidine rings is 1. The minimum Gasteiger partial charge on any atom is -0.453 e. The number of H-pyrrole nitrogens is 1. The van der Waals surface area contributed by atoms with Crippen LogP contribution in [0, 0.1) is 5.92 Å². The van der Waals surface area contributed by atoms with Gasteiger partial charge in [-0.05, 0) is 57.0 Å². The van der Waals surface area contributed by atoms with Crippen molar-refractivity contribution in [2.45, 2.75) is 57.5 Å². The van der Waals surface area contributed by atoms with E-state index in [0.29, 0.717) is 41.3 Å². The number of fused-ring (bicyclic) bond motifs is 4. The summed E-state index contributed by atoms with van der Waals surface area (Å²) in [5.41, 5.74) is 2.53. The lowest BCUT2D eigenvalue weighted by atomic mass is 10.00. The fourth-order valence-electron chi connectivity index (χ4n) is 5.10. The van der Waals surface area contributed by atoms with Crippen LogP contribution >= 0.6 is 0 Å². The van der Waals surface area contributed by atoms with Crippen molar-refractivity contribution >= 4 is 29.3 Å². The highest BCUT2D eigenvalue weighted by molar-refractivity contribution is 5.98. The Hall–Kier alpha value is -4.26. The first-order valence-electron chi connectivity index (χ1n) is 13.7. The second-order valence-electron chi connectivity index (χ2n) is 10.3. The lowest BCUT2D eigenvalue weighted by molar-refractivity contribution is -0.119. The number of imidazole rings is 1. The molecular weight excluding hydrogens is 514 g/mol. The number of ether oxygens (including phenoxy) is 1. The van der Waals surface area contributed by atoms with E-state index in [0.717, 1.165) is 38.8 Å². The van der Waals surface area contributed by atoms with Crippen molar-refractivity contribution in [1.29, 1.82) is 0 Å². The highest BCUT2D eigenvalue weighted by Crippen LogP contribution is 2.32. The molecule has 0 radical (unpaired) electrons. The summed E-state index contributed by atoms with van der Waals surface area (Å²) in [7, 11) is 1.28. The maximum Gasteiger partial charge on any atom is 0.411 e. The largest absolute Gasteiger partial charge is 0.453 e. The predicted octanol–water partition coefficient (Wildman–Crippen LogP) is 3.39. The zero-order valence-corrected chi connectivity index (χ0v) is 22.7. The van der Waals surface area contributed by atoms with Crippen LogP contribution in [0.25, 0.3) is 11.3 Å². The van der Waals surface area contributed by atoms with Crippen LogP contribution in [0.15, 0.2) is 30.6 Å². The number of aromatic amines is 1. The van der Waals surface area contributed by atoms with E-state index < -0.39 is 6.09 Å². The summed E-state index contributed by atoms with van der Waals surface area (Å²) in [5, 5.41) is 20.4. The van der Waals surface area contributed by atoms with Gasteiger partial charge in [-0.2, -0.15) is 0 Å². The van der Waals surface area contributed by atoms with Gasteiger partial charge >= 0.3 is 6.09 Å². The van der Waals surface area contributed by atoms with E-state index in [-0.39, 0.29) is 35.5 Å². The molecule has 0 unspecified atom stereocenters. The van der Waals surface area contributed by atoms with Gasteiger partial charge in [-0.15, -0.1) is 5.10 Å². The number of benzene rings is 1. The normalized spacial score (nSPS) is 20.2. The SMILES string of the molecule is COC(=O)Nc1ccc2c(c1)NC(=O)[C@H](C)CCCC[C@H](NC(=O)c1cn(C3CCNCC3)nn1)c1nc-2c[nH]1. The molecule has 3 amide bonds. The first-order chi connectivity index (χ1) is 19.4. The second kappa shape index (κ2) is 12.3. The molecule has 13 heteroatoms. The van der Waals surface area contributed by atoms with E-state index in [2.05, 4.69) is 36.6 Å². The predicted molar refractivity (Wildman–Crippen MR) is 148 cm³/mol. The van der Waals surface area contributed by atoms with Crippen LogP contribution in [-0.4, -0.2) is 63.1 Å². The van der Waals surface area contributed by atoms with E-state index in [9.17, 15) is 14.4 Å². The van der Waals surface area contributed by atoms with Crippen LogP contribution < -0.4 is 21.3 Å². The molecule has 1 saturated heterocycles. The number of rotatable bonds is 4. The van der Waals surface area contributed by atoms with Gasteiger partial charge in [-0.25, -0.2) is 14.5 Å². The Morgan fingerprint density at radius 3 is 2.73 bits per heavy atom. The molecule has 13 nitrogen and oxygen atoms in total. The van der Waals surface area contributed by atoms with Gasteiger partial charge in [0, 0.05) is 23.4 Å². The van der Waals surface area contributed by atoms with E-state index in [4.69, 9.17) is 9.72 Å². The molecule has 3 aromatic rings. The van der Waals surface area contributed by atoms with Crippen LogP contribution in [0.1, 0.15) is 73.8 Å². The first kappa shape index (κ1) is 27.3. The molecule has 40 heavy (non-hydrogen) atoms. The minimum atomic E-state index is -0.610. The Labute approximate surface area is 231 Å². The molecule has 2 bridgehead atoms. The molecule has 4 heterocycles. The number of carbonyl (C=O) groups is 3. The third-order valence-corrected chi connectivity index (χ3v) is 7.47. The van der Waals surface area contributed by atoms with Crippen LogP contribution in [0.5, 0.6) is 0 Å². The van der Waals surface area contributed by atoms with Crippen molar-refractivity contribution in [3.63, 3.8) is 0 Å². The van der Waals surface area contributed by atoms with Crippen molar-refractivity contribution in [2.75, 3.05) is 30.8 Å². The van der Waals surface area contributed by atoms with Crippen molar-refractivity contribution in [1.82, 2.24) is 35.6 Å². The molecule has 2 aliphatic rings. The van der Waals surface area contributed by atoms with Crippen molar-refractivity contribution < 1.29 is 19.1 Å². The van der Waals surface area contributed by atoms with E-state index in [1.165, 1.54) is 7.11 Å². The number of amides is 3. The van der Waals surface area contributed by atoms with Crippen LogP contribution in [-0.2, 0) is 9.53 Å². The topological polar surface area (TPSA) is 168 Å². The van der Waals surface area contributed by atoms with Gasteiger partial charge < -0.3 is 25.7 Å². The first-order valence-corrected chi connectivity index (χ1v) is 13.7. The van der Waals surface area contributed by atoms with E-state index in [1.807, 2.05) is 6.92 Å². The van der Waals surface area contributed by atoms with Crippen LogP contribution in [0.4, 0.5) is 16.2 Å². The van der Waals surface area contributed by atoms with Crippen LogP contribution in [0.3, 0.4) is 0 Å². The number of aromatic nitrogens is 5. The number of hydrogen-bond acceptors (Lipinski definition) is 8. The number of anilines is 2. The number of nitrogens with zero attached hydrogens (tertiary/aromatic N) is 4. The molecule has 0 saturated carbocycles. The number of carbonyl (C=O) groups excluding carboxylic acids is 3. The zero-order chi connectivity index (χ0) is 28.1. The Bertz CT molecular complexity index is 1360. The summed E-state index contributed by atoms with van der Waals surface area (Å²) in [6.07, 6.45) is 7.67.